The number of ether oxygens (including phenoxy) is 2. The Kier molecular flexibility index (Phi) is 3.40. The standard InChI is InChI=1S/C21H25NO2/c1-19(2)15-23-18(22(19)4)20(3)21(24-20,16-11-7-5-8-12-16)17-13-9-6-10-14-17/h5-14,18H,15H2,1-4H3. The fourth-order valence-corrected chi connectivity index (χ4v) is 4.06. The Morgan fingerprint density at radius 1 is 0.875 bits per heavy atom. The number of nitrogens with zero attached hydrogens (tertiary/aromatic N) is 1. The molecule has 0 bridgehead atoms. The molecule has 24 heavy (non-hydrogen) atoms. The minimum atomic E-state index is -0.463. The van der Waals surface area contributed by atoms with E-state index >= 15 is 0 Å². The third-order valence-electron chi connectivity index (χ3n) is 5.76. The summed E-state index contributed by atoms with van der Waals surface area (Å²) >= 11 is 0. The molecule has 0 radical (unpaired) electrons. The Hall–Kier alpha value is -1.68. The van der Waals surface area contributed by atoms with Crippen LogP contribution in [0.4, 0.5) is 0 Å². The third-order valence-corrected chi connectivity index (χ3v) is 5.76. The van der Waals surface area contributed by atoms with E-state index in [-0.39, 0.29) is 11.8 Å². The van der Waals surface area contributed by atoms with Gasteiger partial charge in [-0.3, -0.25) is 4.90 Å². The highest BCUT2D eigenvalue weighted by Crippen LogP contribution is 2.63. The van der Waals surface area contributed by atoms with Crippen LogP contribution in [0, 0.1) is 0 Å². The van der Waals surface area contributed by atoms with E-state index in [9.17, 15) is 0 Å². The van der Waals surface area contributed by atoms with Gasteiger partial charge in [0, 0.05) is 5.54 Å². The number of rotatable bonds is 3. The molecule has 0 N–H and O–H groups in total. The van der Waals surface area contributed by atoms with Gasteiger partial charge in [-0.15, -0.1) is 0 Å². The normalized spacial score (nSPS) is 31.1. The van der Waals surface area contributed by atoms with Gasteiger partial charge in [0.2, 0.25) is 0 Å². The minimum Gasteiger partial charge on any atom is -0.358 e. The first-order valence-corrected chi connectivity index (χ1v) is 8.58. The quantitative estimate of drug-likeness (QED) is 0.804. The Morgan fingerprint density at radius 3 is 1.79 bits per heavy atom. The lowest BCUT2D eigenvalue weighted by atomic mass is 9.80. The molecule has 0 aliphatic carbocycles. The summed E-state index contributed by atoms with van der Waals surface area (Å²) in [5, 5.41) is 0. The van der Waals surface area contributed by atoms with Crippen LogP contribution >= 0.6 is 0 Å². The van der Waals surface area contributed by atoms with Crippen LogP contribution in [0.5, 0.6) is 0 Å². The van der Waals surface area contributed by atoms with Crippen molar-refractivity contribution in [2.24, 2.45) is 0 Å². The Labute approximate surface area is 144 Å². The molecule has 126 valence electrons. The predicted molar refractivity (Wildman–Crippen MR) is 94.7 cm³/mol. The minimum absolute atomic E-state index is 0.0126. The first-order valence-electron chi connectivity index (χ1n) is 8.58. The molecular weight excluding hydrogens is 298 g/mol. The van der Waals surface area contributed by atoms with Crippen molar-refractivity contribution in [3.63, 3.8) is 0 Å². The van der Waals surface area contributed by atoms with Gasteiger partial charge in [0.05, 0.1) is 6.61 Å². The van der Waals surface area contributed by atoms with Gasteiger partial charge >= 0.3 is 0 Å². The second-order valence-electron chi connectivity index (χ2n) is 7.71. The number of epoxide rings is 1. The van der Waals surface area contributed by atoms with Gasteiger partial charge in [-0.2, -0.15) is 0 Å². The van der Waals surface area contributed by atoms with Crippen molar-refractivity contribution in [1.29, 1.82) is 0 Å². The molecular formula is C21H25NO2. The molecule has 2 fully saturated rings. The van der Waals surface area contributed by atoms with Crippen LogP contribution in [0.2, 0.25) is 0 Å². The molecule has 2 unspecified atom stereocenters. The molecule has 2 aromatic rings. The fraction of sp³-hybridized carbons (Fsp3) is 0.429. The molecule has 0 spiro atoms. The number of likely N-dealkylation sites (N-methyl/N-ethyl adjacent to an activating group) is 1. The fourth-order valence-electron chi connectivity index (χ4n) is 4.06. The Balaban J connectivity index is 1.81. The summed E-state index contributed by atoms with van der Waals surface area (Å²) in [5.41, 5.74) is 1.49. The van der Waals surface area contributed by atoms with Gasteiger partial charge in [-0.25, -0.2) is 0 Å². The average molecular weight is 323 g/mol. The van der Waals surface area contributed by atoms with Crippen molar-refractivity contribution < 1.29 is 9.47 Å². The van der Waals surface area contributed by atoms with E-state index < -0.39 is 11.2 Å². The van der Waals surface area contributed by atoms with Gasteiger partial charge < -0.3 is 9.47 Å². The van der Waals surface area contributed by atoms with Crippen molar-refractivity contribution >= 4 is 0 Å². The van der Waals surface area contributed by atoms with Crippen LogP contribution in [0.1, 0.15) is 31.9 Å². The van der Waals surface area contributed by atoms with Gasteiger partial charge in [0.25, 0.3) is 0 Å². The summed E-state index contributed by atoms with van der Waals surface area (Å²) in [5.74, 6) is 0. The van der Waals surface area contributed by atoms with Crippen LogP contribution < -0.4 is 0 Å². The maximum atomic E-state index is 6.55. The monoisotopic (exact) mass is 323 g/mol. The van der Waals surface area contributed by atoms with Crippen LogP contribution in [0.25, 0.3) is 0 Å². The number of hydrogen-bond acceptors (Lipinski definition) is 3. The molecule has 2 saturated heterocycles. The van der Waals surface area contributed by atoms with Gasteiger partial charge in [-0.1, -0.05) is 60.7 Å². The smallest absolute Gasteiger partial charge is 0.152 e. The maximum Gasteiger partial charge on any atom is 0.152 e. The van der Waals surface area contributed by atoms with Gasteiger partial charge in [-0.05, 0) is 38.9 Å². The molecule has 2 aliphatic heterocycles. The first-order chi connectivity index (χ1) is 11.4. The summed E-state index contributed by atoms with van der Waals surface area (Å²) in [7, 11) is 2.13. The highest BCUT2D eigenvalue weighted by atomic mass is 16.7. The van der Waals surface area contributed by atoms with Gasteiger partial charge in [0.15, 0.2) is 5.60 Å². The van der Waals surface area contributed by atoms with Crippen molar-refractivity contribution in [2.45, 2.75) is 43.7 Å². The molecule has 2 aromatic carbocycles. The zero-order valence-corrected chi connectivity index (χ0v) is 14.8. The van der Waals surface area contributed by atoms with E-state index in [1.165, 1.54) is 11.1 Å². The van der Waals surface area contributed by atoms with Crippen LogP contribution in [-0.4, -0.2) is 35.9 Å². The van der Waals surface area contributed by atoms with E-state index in [1.807, 2.05) is 12.1 Å². The van der Waals surface area contributed by atoms with E-state index in [1.54, 1.807) is 0 Å². The lowest BCUT2D eigenvalue weighted by Crippen LogP contribution is -2.48. The van der Waals surface area contributed by atoms with Gasteiger partial charge in [0.1, 0.15) is 11.8 Å². The molecule has 0 aromatic heterocycles. The average Bonchev–Trinajstić information content (AvgIpc) is 3.14. The molecule has 2 atom stereocenters. The Bertz CT molecular complexity index is 689. The summed E-state index contributed by atoms with van der Waals surface area (Å²) in [4.78, 5) is 2.31. The molecule has 0 saturated carbocycles. The number of benzene rings is 2. The molecule has 3 heteroatoms. The van der Waals surface area contributed by atoms with E-state index in [0.29, 0.717) is 6.61 Å². The molecule has 2 aliphatic rings. The van der Waals surface area contributed by atoms with Crippen LogP contribution in [-0.2, 0) is 15.1 Å². The zero-order chi connectivity index (χ0) is 17.0. The van der Waals surface area contributed by atoms with Crippen molar-refractivity contribution in [2.75, 3.05) is 13.7 Å². The summed E-state index contributed by atoms with van der Waals surface area (Å²) < 4.78 is 12.8. The van der Waals surface area contributed by atoms with Crippen molar-refractivity contribution in [1.82, 2.24) is 4.90 Å². The van der Waals surface area contributed by atoms with Crippen molar-refractivity contribution in [3.8, 4) is 0 Å². The Morgan fingerprint density at radius 2 is 1.38 bits per heavy atom. The summed E-state index contributed by atoms with van der Waals surface area (Å²) in [6.07, 6.45) is -0.0760. The van der Waals surface area contributed by atoms with Crippen LogP contribution in [0.15, 0.2) is 60.7 Å². The van der Waals surface area contributed by atoms with Crippen LogP contribution in [0.3, 0.4) is 0 Å². The third kappa shape index (κ3) is 2.02. The second-order valence-corrected chi connectivity index (χ2v) is 7.71. The number of hydrogen-bond donors (Lipinski definition) is 0. The summed E-state index contributed by atoms with van der Waals surface area (Å²) in [6, 6.07) is 21.0. The summed E-state index contributed by atoms with van der Waals surface area (Å²) in [6.45, 7) is 7.32. The highest BCUT2D eigenvalue weighted by Gasteiger charge is 2.75. The highest BCUT2D eigenvalue weighted by molar-refractivity contribution is 5.47. The molecule has 0 amide bonds. The van der Waals surface area contributed by atoms with E-state index in [0.717, 1.165) is 0 Å². The lowest BCUT2D eigenvalue weighted by molar-refractivity contribution is -0.0186. The predicted octanol–water partition coefficient (Wildman–Crippen LogP) is 3.79. The SMILES string of the molecule is CN1C(C2(C)OC2(c2ccccc2)c2ccccc2)OCC1(C)C. The largest absolute Gasteiger partial charge is 0.358 e. The maximum absolute atomic E-state index is 6.55. The first kappa shape index (κ1) is 15.8. The molecule has 3 nitrogen and oxygen atoms in total. The van der Waals surface area contributed by atoms with E-state index in [2.05, 4.69) is 81.2 Å². The lowest BCUT2D eigenvalue weighted by Gasteiger charge is -2.32. The zero-order valence-electron chi connectivity index (χ0n) is 14.8. The second kappa shape index (κ2) is 5.16. The topological polar surface area (TPSA) is 25.0 Å². The molecule has 2 heterocycles. The molecule has 4 rings (SSSR count). The van der Waals surface area contributed by atoms with Crippen molar-refractivity contribution in [3.05, 3.63) is 71.8 Å². The van der Waals surface area contributed by atoms with E-state index in [4.69, 9.17) is 9.47 Å².